The first-order chi connectivity index (χ1) is 19.3. The lowest BCUT2D eigenvalue weighted by Crippen LogP contribution is -1.95. The highest BCUT2D eigenvalue weighted by Crippen LogP contribution is 2.43. The molecule has 0 N–H and O–H groups in total. The van der Waals surface area contributed by atoms with E-state index in [-0.39, 0.29) is 0 Å². The van der Waals surface area contributed by atoms with E-state index in [9.17, 15) is 0 Å². The number of aromatic nitrogens is 2. The molecule has 9 rings (SSSR count). The molecule has 0 aliphatic heterocycles. The number of para-hydroxylation sites is 3. The molecule has 0 unspecified atom stereocenters. The highest BCUT2D eigenvalue weighted by Gasteiger charge is 2.22. The van der Waals surface area contributed by atoms with Crippen molar-refractivity contribution in [3.8, 4) is 11.4 Å². The van der Waals surface area contributed by atoms with Crippen molar-refractivity contribution in [2.24, 2.45) is 0 Å². The number of furan rings is 1. The van der Waals surface area contributed by atoms with E-state index >= 15 is 0 Å². The Bertz CT molecular complexity index is 2390. The monoisotopic (exact) mass is 498 g/mol. The Balaban J connectivity index is 1.48. The molecule has 3 heteroatoms. The molecule has 0 saturated heterocycles. The first kappa shape index (κ1) is 20.7. The van der Waals surface area contributed by atoms with Crippen LogP contribution in [0.4, 0.5) is 0 Å². The van der Waals surface area contributed by atoms with Crippen molar-refractivity contribution in [3.05, 3.63) is 133 Å². The minimum absolute atomic E-state index is 0.881. The van der Waals surface area contributed by atoms with E-state index in [4.69, 9.17) is 4.42 Å². The smallest absolute Gasteiger partial charge is 0.213 e. The molecular formula is C36H22N2O. The van der Waals surface area contributed by atoms with Crippen LogP contribution in [-0.2, 0) is 0 Å². The molecule has 0 bridgehead atoms. The fourth-order valence-corrected chi connectivity index (χ4v) is 6.38. The molecule has 0 aliphatic carbocycles. The average Bonchev–Trinajstić information content (AvgIpc) is 3.62. The van der Waals surface area contributed by atoms with Crippen molar-refractivity contribution in [1.29, 1.82) is 0 Å². The summed E-state index contributed by atoms with van der Waals surface area (Å²) in [6, 6.07) is 47.6. The molecule has 0 atom stereocenters. The van der Waals surface area contributed by atoms with Gasteiger partial charge in [-0.15, -0.1) is 0 Å². The van der Waals surface area contributed by atoms with E-state index in [1.54, 1.807) is 0 Å². The molecule has 0 radical (unpaired) electrons. The van der Waals surface area contributed by atoms with E-state index in [1.807, 2.05) is 6.07 Å². The quantitative estimate of drug-likeness (QED) is 0.233. The zero-order chi connectivity index (χ0) is 25.5. The topological polar surface area (TPSA) is 23.0 Å². The lowest BCUT2D eigenvalue weighted by Gasteiger charge is -2.10. The normalized spacial score (nSPS) is 12.1. The van der Waals surface area contributed by atoms with Crippen LogP contribution in [0.25, 0.3) is 76.9 Å². The molecule has 3 heterocycles. The molecule has 0 aliphatic rings. The summed E-state index contributed by atoms with van der Waals surface area (Å²) in [5.74, 6) is 0. The van der Waals surface area contributed by atoms with Gasteiger partial charge in [-0.1, -0.05) is 84.9 Å². The Labute approximate surface area is 223 Å². The maximum absolute atomic E-state index is 6.53. The maximum Gasteiger partial charge on any atom is 0.213 e. The number of nitrogens with zero attached hydrogens (tertiary/aromatic N) is 2. The van der Waals surface area contributed by atoms with Gasteiger partial charge in [-0.05, 0) is 59.3 Å². The first-order valence-electron chi connectivity index (χ1n) is 13.3. The van der Waals surface area contributed by atoms with Gasteiger partial charge in [0.05, 0.1) is 21.9 Å². The van der Waals surface area contributed by atoms with E-state index < -0.39 is 0 Å². The van der Waals surface area contributed by atoms with Gasteiger partial charge < -0.3 is 8.98 Å². The SMILES string of the molecule is c1ccc(-n2c3cc4c(cc3c3c5ccccc5oc32)c2ccccc2n4-c2ccc3ccccc3c2)cc1. The number of fused-ring (bicyclic) bond motifs is 9. The Hall–Kier alpha value is -5.28. The molecular weight excluding hydrogens is 476 g/mol. The summed E-state index contributed by atoms with van der Waals surface area (Å²) in [7, 11) is 0. The number of hydrogen-bond acceptors (Lipinski definition) is 1. The van der Waals surface area contributed by atoms with Crippen LogP contribution in [0.2, 0.25) is 0 Å². The fourth-order valence-electron chi connectivity index (χ4n) is 6.38. The van der Waals surface area contributed by atoms with Gasteiger partial charge in [0.1, 0.15) is 5.58 Å². The Kier molecular flexibility index (Phi) is 4.05. The lowest BCUT2D eigenvalue weighted by molar-refractivity contribution is 0.645. The number of benzene rings is 6. The van der Waals surface area contributed by atoms with Crippen molar-refractivity contribution in [1.82, 2.24) is 9.13 Å². The molecule has 0 fully saturated rings. The molecule has 0 saturated carbocycles. The van der Waals surface area contributed by atoms with Gasteiger partial charge in [0.2, 0.25) is 5.71 Å². The summed E-state index contributed by atoms with van der Waals surface area (Å²) < 4.78 is 11.2. The zero-order valence-corrected chi connectivity index (χ0v) is 21.0. The van der Waals surface area contributed by atoms with Gasteiger partial charge in [-0.25, -0.2) is 0 Å². The number of hydrogen-bond donors (Lipinski definition) is 0. The summed E-state index contributed by atoms with van der Waals surface area (Å²) in [6.45, 7) is 0. The van der Waals surface area contributed by atoms with Crippen molar-refractivity contribution in [3.63, 3.8) is 0 Å². The third-order valence-electron chi connectivity index (χ3n) is 8.09. The van der Waals surface area contributed by atoms with E-state index in [0.29, 0.717) is 0 Å². The van der Waals surface area contributed by atoms with Crippen LogP contribution >= 0.6 is 0 Å². The second-order valence-electron chi connectivity index (χ2n) is 10.2. The Morgan fingerprint density at radius 2 is 1.13 bits per heavy atom. The third-order valence-corrected chi connectivity index (χ3v) is 8.09. The Morgan fingerprint density at radius 3 is 2.03 bits per heavy atom. The molecule has 3 nitrogen and oxygen atoms in total. The highest BCUT2D eigenvalue weighted by atomic mass is 16.3. The zero-order valence-electron chi connectivity index (χ0n) is 21.0. The van der Waals surface area contributed by atoms with Gasteiger partial charge >= 0.3 is 0 Å². The highest BCUT2D eigenvalue weighted by molar-refractivity contribution is 6.24. The summed E-state index contributed by atoms with van der Waals surface area (Å²) in [5, 5.41) is 8.47. The average molecular weight is 499 g/mol. The van der Waals surface area contributed by atoms with Gasteiger partial charge in [0, 0.05) is 32.9 Å². The van der Waals surface area contributed by atoms with E-state index in [1.165, 1.54) is 38.0 Å². The molecule has 9 aromatic rings. The van der Waals surface area contributed by atoms with Crippen LogP contribution in [0.1, 0.15) is 0 Å². The molecule has 3 aromatic heterocycles. The van der Waals surface area contributed by atoms with Crippen molar-refractivity contribution in [2.45, 2.75) is 0 Å². The second-order valence-corrected chi connectivity index (χ2v) is 10.2. The fraction of sp³-hybridized carbons (Fsp3) is 0. The van der Waals surface area contributed by atoms with Gasteiger partial charge in [-0.3, -0.25) is 4.57 Å². The molecule has 6 aromatic carbocycles. The van der Waals surface area contributed by atoms with Crippen LogP contribution < -0.4 is 0 Å². The van der Waals surface area contributed by atoms with E-state index in [2.05, 4.69) is 137 Å². The van der Waals surface area contributed by atoms with Gasteiger partial charge in [-0.2, -0.15) is 0 Å². The summed E-state index contributed by atoms with van der Waals surface area (Å²) >= 11 is 0. The summed E-state index contributed by atoms with van der Waals surface area (Å²) in [5.41, 5.74) is 7.56. The van der Waals surface area contributed by atoms with Gasteiger partial charge in [0.15, 0.2) is 0 Å². The third kappa shape index (κ3) is 2.82. The number of rotatable bonds is 2. The first-order valence-corrected chi connectivity index (χ1v) is 13.3. The minimum Gasteiger partial charge on any atom is -0.439 e. The molecule has 39 heavy (non-hydrogen) atoms. The van der Waals surface area contributed by atoms with Crippen LogP contribution in [0.15, 0.2) is 138 Å². The standard InChI is InChI=1S/C36H22N2O/c1-2-12-25(13-3-1)38-33-22-32-29(21-30(33)35-28-15-7-9-17-34(28)39-36(35)38)27-14-6-8-16-31(27)37(32)26-19-18-23-10-4-5-11-24(23)20-26/h1-22H. The molecule has 0 amide bonds. The predicted octanol–water partition coefficient (Wildman–Crippen LogP) is 9.78. The van der Waals surface area contributed by atoms with Crippen LogP contribution in [-0.4, -0.2) is 9.13 Å². The second kappa shape index (κ2) is 7.62. The lowest BCUT2D eigenvalue weighted by atomic mass is 10.1. The van der Waals surface area contributed by atoms with Crippen molar-refractivity contribution < 1.29 is 4.42 Å². The van der Waals surface area contributed by atoms with Crippen molar-refractivity contribution >= 4 is 65.6 Å². The molecule has 182 valence electrons. The Morgan fingerprint density at radius 1 is 0.410 bits per heavy atom. The van der Waals surface area contributed by atoms with Crippen LogP contribution in [0, 0.1) is 0 Å². The predicted molar refractivity (Wildman–Crippen MR) is 162 cm³/mol. The van der Waals surface area contributed by atoms with E-state index in [0.717, 1.165) is 39.0 Å². The largest absolute Gasteiger partial charge is 0.439 e. The summed E-state index contributed by atoms with van der Waals surface area (Å²) in [4.78, 5) is 0. The summed E-state index contributed by atoms with van der Waals surface area (Å²) in [6.07, 6.45) is 0. The van der Waals surface area contributed by atoms with Crippen molar-refractivity contribution in [2.75, 3.05) is 0 Å². The van der Waals surface area contributed by atoms with Crippen LogP contribution in [0.3, 0.4) is 0 Å². The molecule has 0 spiro atoms. The van der Waals surface area contributed by atoms with Crippen LogP contribution in [0.5, 0.6) is 0 Å². The van der Waals surface area contributed by atoms with Gasteiger partial charge in [0.25, 0.3) is 0 Å². The minimum atomic E-state index is 0.881. The maximum atomic E-state index is 6.53.